The highest BCUT2D eigenvalue weighted by molar-refractivity contribution is 7.89. The van der Waals surface area contributed by atoms with Gasteiger partial charge in [0, 0.05) is 25.0 Å². The second-order valence-electron chi connectivity index (χ2n) is 5.90. The van der Waals surface area contributed by atoms with Crippen molar-refractivity contribution in [3.63, 3.8) is 0 Å². The van der Waals surface area contributed by atoms with Crippen LogP contribution in [0.3, 0.4) is 0 Å². The number of carbonyl (C=O) groups excluding carboxylic acids is 1. The van der Waals surface area contributed by atoms with Crippen LogP contribution in [0.25, 0.3) is 0 Å². The number of benzene rings is 1. The summed E-state index contributed by atoms with van der Waals surface area (Å²) < 4.78 is 26.8. The summed E-state index contributed by atoms with van der Waals surface area (Å²) in [6, 6.07) is 8.55. The summed E-state index contributed by atoms with van der Waals surface area (Å²) in [7, 11) is -3.42. The van der Waals surface area contributed by atoms with Gasteiger partial charge in [0.15, 0.2) is 0 Å². The molecule has 1 atom stereocenters. The lowest BCUT2D eigenvalue weighted by molar-refractivity contribution is -0.119. The summed E-state index contributed by atoms with van der Waals surface area (Å²) in [6.07, 6.45) is 3.73. The summed E-state index contributed by atoms with van der Waals surface area (Å²) >= 11 is 0. The lowest BCUT2D eigenvalue weighted by Gasteiger charge is -2.27. The fourth-order valence-corrected chi connectivity index (χ4v) is 4.80. The molecule has 2 fully saturated rings. The van der Waals surface area contributed by atoms with E-state index in [9.17, 15) is 13.2 Å². The van der Waals surface area contributed by atoms with Gasteiger partial charge < -0.3 is 5.32 Å². The molecular formula is C15H20N2O3S. The lowest BCUT2D eigenvalue weighted by Crippen LogP contribution is -2.42. The molecule has 2 aliphatic rings. The molecule has 6 heteroatoms. The summed E-state index contributed by atoms with van der Waals surface area (Å²) in [5.74, 6) is 0.0920. The summed E-state index contributed by atoms with van der Waals surface area (Å²) in [4.78, 5) is 11.8. The summed E-state index contributed by atoms with van der Waals surface area (Å²) in [5, 5.41) is 3.06. The number of amides is 1. The number of hydrogen-bond donors (Lipinski definition) is 1. The van der Waals surface area contributed by atoms with Gasteiger partial charge in [-0.05, 0) is 37.8 Å². The van der Waals surface area contributed by atoms with Gasteiger partial charge in [0.2, 0.25) is 15.9 Å². The largest absolute Gasteiger partial charge is 0.351 e. The number of nitrogens with zero attached hydrogens (tertiary/aromatic N) is 1. The van der Waals surface area contributed by atoms with Crippen molar-refractivity contribution in [2.75, 3.05) is 13.1 Å². The van der Waals surface area contributed by atoms with E-state index in [0.717, 1.165) is 19.3 Å². The van der Waals surface area contributed by atoms with Crippen molar-refractivity contribution in [1.82, 2.24) is 9.62 Å². The highest BCUT2D eigenvalue weighted by Gasteiger charge is 2.40. The minimum Gasteiger partial charge on any atom is -0.351 e. The van der Waals surface area contributed by atoms with Gasteiger partial charge in [-0.3, -0.25) is 4.79 Å². The van der Waals surface area contributed by atoms with Crippen LogP contribution in [-0.4, -0.2) is 37.3 Å². The fourth-order valence-electron chi connectivity index (χ4n) is 3.30. The second-order valence-corrected chi connectivity index (χ2v) is 7.84. The van der Waals surface area contributed by atoms with Gasteiger partial charge in [-0.2, -0.15) is 4.31 Å². The van der Waals surface area contributed by atoms with Crippen LogP contribution in [0.2, 0.25) is 0 Å². The summed E-state index contributed by atoms with van der Waals surface area (Å²) in [5.41, 5.74) is -0.182. The van der Waals surface area contributed by atoms with E-state index in [2.05, 4.69) is 5.32 Å². The molecular weight excluding hydrogens is 288 g/mol. The topological polar surface area (TPSA) is 66.5 Å². The molecule has 0 aliphatic carbocycles. The van der Waals surface area contributed by atoms with Crippen molar-refractivity contribution in [1.29, 1.82) is 0 Å². The zero-order valence-corrected chi connectivity index (χ0v) is 12.7. The van der Waals surface area contributed by atoms with Crippen LogP contribution in [0.1, 0.15) is 32.1 Å². The lowest BCUT2D eigenvalue weighted by atomic mass is 9.89. The average molecular weight is 308 g/mol. The zero-order valence-electron chi connectivity index (χ0n) is 11.9. The molecule has 3 rings (SSSR count). The molecule has 0 aromatic heterocycles. The van der Waals surface area contributed by atoms with Crippen molar-refractivity contribution in [2.45, 2.75) is 42.5 Å². The second kappa shape index (κ2) is 5.42. The minimum absolute atomic E-state index is 0.0920. The van der Waals surface area contributed by atoms with Gasteiger partial charge in [0.25, 0.3) is 0 Å². The average Bonchev–Trinajstić information content (AvgIpc) is 2.71. The highest BCUT2D eigenvalue weighted by Crippen LogP contribution is 2.32. The van der Waals surface area contributed by atoms with Crippen molar-refractivity contribution >= 4 is 15.9 Å². The number of hydrogen-bond acceptors (Lipinski definition) is 3. The van der Waals surface area contributed by atoms with E-state index >= 15 is 0 Å². The van der Waals surface area contributed by atoms with Crippen LogP contribution in [-0.2, 0) is 14.8 Å². The molecule has 21 heavy (non-hydrogen) atoms. The molecule has 0 unspecified atom stereocenters. The molecule has 5 nitrogen and oxygen atoms in total. The Morgan fingerprint density at radius 1 is 1.05 bits per heavy atom. The highest BCUT2D eigenvalue weighted by atomic mass is 32.2. The summed E-state index contributed by atoms with van der Waals surface area (Å²) in [6.45, 7) is 0.992. The SMILES string of the molecule is O=C1CC[C@@]2(CCCN(S(=O)(=O)c3ccccc3)CC2)N1. The van der Waals surface area contributed by atoms with E-state index < -0.39 is 10.0 Å². The van der Waals surface area contributed by atoms with Crippen LogP contribution in [0.15, 0.2) is 35.2 Å². The first-order chi connectivity index (χ1) is 10.0. The van der Waals surface area contributed by atoms with E-state index in [0.29, 0.717) is 30.8 Å². The molecule has 0 radical (unpaired) electrons. The van der Waals surface area contributed by atoms with Crippen LogP contribution < -0.4 is 5.32 Å². The van der Waals surface area contributed by atoms with E-state index in [4.69, 9.17) is 0 Å². The van der Waals surface area contributed by atoms with E-state index in [1.54, 1.807) is 28.6 Å². The van der Waals surface area contributed by atoms with Crippen molar-refractivity contribution in [3.05, 3.63) is 30.3 Å². The molecule has 1 spiro atoms. The molecule has 1 amide bonds. The normalized spacial score (nSPS) is 27.5. The van der Waals surface area contributed by atoms with Crippen LogP contribution >= 0.6 is 0 Å². The van der Waals surface area contributed by atoms with Gasteiger partial charge in [0.1, 0.15) is 0 Å². The molecule has 1 aromatic carbocycles. The van der Waals surface area contributed by atoms with Crippen molar-refractivity contribution in [3.8, 4) is 0 Å². The first kappa shape index (κ1) is 14.5. The maximum Gasteiger partial charge on any atom is 0.243 e. The first-order valence-electron chi connectivity index (χ1n) is 7.38. The minimum atomic E-state index is -3.42. The maximum atomic E-state index is 12.6. The quantitative estimate of drug-likeness (QED) is 0.900. The standard InChI is InChI=1S/C15H20N2O3S/c18-14-7-9-15(16-14)8-4-11-17(12-10-15)21(19,20)13-5-2-1-3-6-13/h1-3,5-6H,4,7-12H2,(H,16,18)/t15-/m1/s1. The molecule has 2 saturated heterocycles. The van der Waals surface area contributed by atoms with Crippen LogP contribution in [0, 0.1) is 0 Å². The third-order valence-corrected chi connectivity index (χ3v) is 6.43. The zero-order chi connectivity index (χ0) is 14.9. The number of sulfonamides is 1. The van der Waals surface area contributed by atoms with Gasteiger partial charge in [-0.15, -0.1) is 0 Å². The molecule has 1 aromatic rings. The van der Waals surface area contributed by atoms with E-state index in [1.165, 1.54) is 0 Å². The molecule has 1 N–H and O–H groups in total. The Labute approximate surface area is 125 Å². The predicted octanol–water partition coefficient (Wildman–Crippen LogP) is 1.51. The van der Waals surface area contributed by atoms with Gasteiger partial charge >= 0.3 is 0 Å². The Hall–Kier alpha value is -1.40. The Morgan fingerprint density at radius 2 is 1.81 bits per heavy atom. The molecule has 114 valence electrons. The number of rotatable bonds is 2. The van der Waals surface area contributed by atoms with Crippen LogP contribution in [0.5, 0.6) is 0 Å². The van der Waals surface area contributed by atoms with E-state index in [-0.39, 0.29) is 11.4 Å². The van der Waals surface area contributed by atoms with Gasteiger partial charge in [0.05, 0.1) is 4.90 Å². The van der Waals surface area contributed by atoms with Gasteiger partial charge in [-0.25, -0.2) is 8.42 Å². The fraction of sp³-hybridized carbons (Fsp3) is 0.533. The van der Waals surface area contributed by atoms with Crippen molar-refractivity contribution in [2.24, 2.45) is 0 Å². The third-order valence-electron chi connectivity index (χ3n) is 4.52. The van der Waals surface area contributed by atoms with Gasteiger partial charge in [-0.1, -0.05) is 18.2 Å². The Morgan fingerprint density at radius 3 is 2.48 bits per heavy atom. The Bertz CT molecular complexity index is 630. The maximum absolute atomic E-state index is 12.6. The molecule has 2 heterocycles. The Kier molecular flexibility index (Phi) is 3.75. The number of nitrogens with one attached hydrogen (secondary N) is 1. The monoisotopic (exact) mass is 308 g/mol. The van der Waals surface area contributed by atoms with Crippen molar-refractivity contribution < 1.29 is 13.2 Å². The molecule has 0 bridgehead atoms. The predicted molar refractivity (Wildman–Crippen MR) is 79.2 cm³/mol. The van der Waals surface area contributed by atoms with E-state index in [1.807, 2.05) is 6.07 Å². The molecule has 0 saturated carbocycles. The van der Waals surface area contributed by atoms with Crippen LogP contribution in [0.4, 0.5) is 0 Å². The molecule has 2 aliphatic heterocycles. The third kappa shape index (κ3) is 2.82. The smallest absolute Gasteiger partial charge is 0.243 e. The Balaban J connectivity index is 1.78. The first-order valence-corrected chi connectivity index (χ1v) is 8.82. The number of carbonyl (C=O) groups is 1.